The summed E-state index contributed by atoms with van der Waals surface area (Å²) in [6.45, 7) is 0. The number of nitriles is 1. The Bertz CT molecular complexity index is 513. The van der Waals surface area contributed by atoms with E-state index < -0.39 is 11.5 Å². The maximum absolute atomic E-state index is 10.9. The van der Waals surface area contributed by atoms with E-state index in [4.69, 9.17) is 9.47 Å². The van der Waals surface area contributed by atoms with Crippen LogP contribution in [0.2, 0.25) is 0 Å². The molecule has 0 radical (unpaired) electrons. The van der Waals surface area contributed by atoms with Gasteiger partial charge < -0.3 is 14.6 Å². The second kappa shape index (κ2) is 6.82. The van der Waals surface area contributed by atoms with Crippen molar-refractivity contribution in [3.63, 3.8) is 0 Å². The van der Waals surface area contributed by atoms with Gasteiger partial charge in [0.1, 0.15) is 17.6 Å². The third-order valence-electron chi connectivity index (χ3n) is 4.47. The van der Waals surface area contributed by atoms with E-state index >= 15 is 0 Å². The van der Waals surface area contributed by atoms with Crippen LogP contribution in [0.15, 0.2) is 18.2 Å². The first kappa shape index (κ1) is 15.7. The molecule has 0 saturated heterocycles. The summed E-state index contributed by atoms with van der Waals surface area (Å²) < 4.78 is 10.6. The van der Waals surface area contributed by atoms with E-state index in [1.54, 1.807) is 32.4 Å². The lowest BCUT2D eigenvalue weighted by Crippen LogP contribution is -2.27. The fraction of sp³-hybridized carbons (Fsp3) is 0.588. The quantitative estimate of drug-likeness (QED) is 0.860. The zero-order valence-corrected chi connectivity index (χ0v) is 12.8. The van der Waals surface area contributed by atoms with Crippen LogP contribution in [0.3, 0.4) is 0 Å². The predicted octanol–water partition coefficient (Wildman–Crippen LogP) is 3.60. The van der Waals surface area contributed by atoms with Crippen LogP contribution in [0.5, 0.6) is 11.5 Å². The highest BCUT2D eigenvalue weighted by Gasteiger charge is 2.40. The average Bonchev–Trinajstić information content (AvgIpc) is 2.80. The third-order valence-corrected chi connectivity index (χ3v) is 4.47. The van der Waals surface area contributed by atoms with Crippen LogP contribution >= 0.6 is 0 Å². The van der Waals surface area contributed by atoms with Gasteiger partial charge in [0.2, 0.25) is 0 Å². The number of hydrogen-bond donors (Lipinski definition) is 1. The zero-order valence-electron chi connectivity index (χ0n) is 12.8. The van der Waals surface area contributed by atoms with E-state index in [0.717, 1.165) is 38.5 Å². The van der Waals surface area contributed by atoms with Crippen molar-refractivity contribution in [2.45, 2.75) is 44.6 Å². The van der Waals surface area contributed by atoms with Crippen molar-refractivity contribution in [1.29, 1.82) is 5.26 Å². The van der Waals surface area contributed by atoms with E-state index in [9.17, 15) is 10.4 Å². The minimum absolute atomic E-state index is 0.599. The van der Waals surface area contributed by atoms with Gasteiger partial charge in [-0.2, -0.15) is 5.26 Å². The smallest absolute Gasteiger partial charge is 0.124 e. The van der Waals surface area contributed by atoms with Crippen molar-refractivity contribution in [2.75, 3.05) is 14.2 Å². The SMILES string of the molecule is COc1ccc(OC)c(C(O)C2(C#N)CCCCCC2)c1. The largest absolute Gasteiger partial charge is 0.497 e. The summed E-state index contributed by atoms with van der Waals surface area (Å²) >= 11 is 0. The fourth-order valence-electron chi connectivity index (χ4n) is 3.16. The summed E-state index contributed by atoms with van der Waals surface area (Å²) in [5.41, 5.74) is -0.0869. The Morgan fingerprint density at radius 2 is 1.81 bits per heavy atom. The number of ether oxygens (including phenoxy) is 2. The van der Waals surface area contributed by atoms with E-state index in [-0.39, 0.29) is 0 Å². The van der Waals surface area contributed by atoms with Crippen LogP contribution in [-0.4, -0.2) is 19.3 Å². The van der Waals surface area contributed by atoms with Crippen molar-refractivity contribution in [2.24, 2.45) is 5.41 Å². The molecule has 0 amide bonds. The first-order valence-electron chi connectivity index (χ1n) is 7.48. The summed E-state index contributed by atoms with van der Waals surface area (Å²) in [6.07, 6.45) is 4.83. The van der Waals surface area contributed by atoms with Gasteiger partial charge >= 0.3 is 0 Å². The van der Waals surface area contributed by atoms with Gasteiger partial charge in [-0.05, 0) is 31.0 Å². The van der Waals surface area contributed by atoms with Gasteiger partial charge in [-0.25, -0.2) is 0 Å². The molecule has 0 spiro atoms. The molecule has 0 bridgehead atoms. The normalized spacial score (nSPS) is 19.1. The second-order valence-corrected chi connectivity index (χ2v) is 5.69. The minimum Gasteiger partial charge on any atom is -0.497 e. The Kier molecular flexibility index (Phi) is 5.08. The van der Waals surface area contributed by atoms with Gasteiger partial charge in [0.15, 0.2) is 0 Å². The summed E-state index contributed by atoms with van der Waals surface area (Å²) in [7, 11) is 3.16. The summed E-state index contributed by atoms with van der Waals surface area (Å²) in [6, 6.07) is 7.74. The molecule has 0 heterocycles. The molecular formula is C17H23NO3. The Labute approximate surface area is 126 Å². The van der Waals surface area contributed by atoms with Crippen LogP contribution in [0.4, 0.5) is 0 Å². The van der Waals surface area contributed by atoms with E-state index in [1.165, 1.54) is 0 Å². The van der Waals surface area contributed by atoms with Crippen molar-refractivity contribution >= 4 is 0 Å². The molecule has 0 aromatic heterocycles. The van der Waals surface area contributed by atoms with Gasteiger partial charge in [0, 0.05) is 5.56 Å². The Morgan fingerprint density at radius 3 is 2.33 bits per heavy atom. The van der Waals surface area contributed by atoms with E-state index in [0.29, 0.717) is 17.1 Å². The zero-order chi connectivity index (χ0) is 15.3. The van der Waals surface area contributed by atoms with Crippen LogP contribution in [0.1, 0.15) is 50.2 Å². The fourth-order valence-corrected chi connectivity index (χ4v) is 3.16. The van der Waals surface area contributed by atoms with Crippen LogP contribution in [0.25, 0.3) is 0 Å². The van der Waals surface area contributed by atoms with Gasteiger partial charge in [-0.1, -0.05) is 25.7 Å². The van der Waals surface area contributed by atoms with Crippen LogP contribution in [0, 0.1) is 16.7 Å². The molecule has 21 heavy (non-hydrogen) atoms. The van der Waals surface area contributed by atoms with Gasteiger partial charge in [0.05, 0.1) is 25.7 Å². The number of aliphatic hydroxyl groups is 1. The van der Waals surface area contributed by atoms with Crippen molar-refractivity contribution in [3.05, 3.63) is 23.8 Å². The first-order chi connectivity index (χ1) is 10.2. The molecule has 4 nitrogen and oxygen atoms in total. The molecule has 1 N–H and O–H groups in total. The lowest BCUT2D eigenvalue weighted by molar-refractivity contribution is 0.0494. The lowest BCUT2D eigenvalue weighted by Gasteiger charge is -2.31. The number of aliphatic hydroxyl groups excluding tert-OH is 1. The number of hydrogen-bond acceptors (Lipinski definition) is 4. The molecule has 1 atom stereocenters. The maximum atomic E-state index is 10.9. The topological polar surface area (TPSA) is 62.5 Å². The maximum Gasteiger partial charge on any atom is 0.124 e. The van der Waals surface area contributed by atoms with Crippen molar-refractivity contribution < 1.29 is 14.6 Å². The monoisotopic (exact) mass is 289 g/mol. The van der Waals surface area contributed by atoms with E-state index in [2.05, 4.69) is 6.07 Å². The second-order valence-electron chi connectivity index (χ2n) is 5.69. The summed E-state index contributed by atoms with van der Waals surface area (Å²) in [4.78, 5) is 0. The van der Waals surface area contributed by atoms with Crippen LogP contribution in [-0.2, 0) is 0 Å². The molecule has 1 fully saturated rings. The standard InChI is InChI=1S/C17H23NO3/c1-20-13-7-8-15(21-2)14(11-13)16(19)17(12-18)9-5-3-4-6-10-17/h7-8,11,16,19H,3-6,9-10H2,1-2H3. The molecule has 1 aliphatic carbocycles. The Morgan fingerprint density at radius 1 is 1.14 bits per heavy atom. The summed E-state index contributed by atoms with van der Waals surface area (Å²) in [5.74, 6) is 1.26. The molecule has 1 saturated carbocycles. The molecule has 114 valence electrons. The van der Waals surface area contributed by atoms with Crippen molar-refractivity contribution in [3.8, 4) is 17.6 Å². The molecule has 1 unspecified atom stereocenters. The van der Waals surface area contributed by atoms with Gasteiger partial charge in [-0.3, -0.25) is 0 Å². The predicted molar refractivity (Wildman–Crippen MR) is 80.3 cm³/mol. The number of rotatable bonds is 4. The van der Waals surface area contributed by atoms with E-state index in [1.807, 2.05) is 0 Å². The van der Waals surface area contributed by atoms with Crippen LogP contribution < -0.4 is 9.47 Å². The Hall–Kier alpha value is -1.73. The molecule has 2 rings (SSSR count). The highest BCUT2D eigenvalue weighted by atomic mass is 16.5. The number of nitrogens with zero attached hydrogens (tertiary/aromatic N) is 1. The molecule has 1 aliphatic rings. The number of benzene rings is 1. The third kappa shape index (κ3) is 3.14. The molecule has 4 heteroatoms. The molecule has 1 aromatic rings. The lowest BCUT2D eigenvalue weighted by atomic mass is 9.74. The van der Waals surface area contributed by atoms with Crippen molar-refractivity contribution in [1.82, 2.24) is 0 Å². The minimum atomic E-state index is -0.856. The molecule has 1 aromatic carbocycles. The Balaban J connectivity index is 2.41. The average molecular weight is 289 g/mol. The molecule has 0 aliphatic heterocycles. The highest BCUT2D eigenvalue weighted by molar-refractivity contribution is 5.43. The van der Waals surface area contributed by atoms with Gasteiger partial charge in [-0.15, -0.1) is 0 Å². The molecular weight excluding hydrogens is 266 g/mol. The summed E-state index contributed by atoms with van der Waals surface area (Å²) in [5, 5.41) is 20.6. The number of methoxy groups -OCH3 is 2. The highest BCUT2D eigenvalue weighted by Crippen LogP contribution is 2.47. The first-order valence-corrected chi connectivity index (χ1v) is 7.48. The van der Waals surface area contributed by atoms with Gasteiger partial charge in [0.25, 0.3) is 0 Å².